The lowest BCUT2D eigenvalue weighted by molar-refractivity contribution is -0.137. The van der Waals surface area contributed by atoms with Gasteiger partial charge in [0.25, 0.3) is 11.8 Å². The maximum Gasteiger partial charge on any atom is 0.278 e. The third kappa shape index (κ3) is 4.19. The van der Waals surface area contributed by atoms with Crippen LogP contribution in [0, 0.1) is 12.7 Å². The van der Waals surface area contributed by atoms with Gasteiger partial charge >= 0.3 is 0 Å². The Labute approximate surface area is 179 Å². The molecule has 1 N–H and O–H groups in total. The third-order valence-corrected chi connectivity index (χ3v) is 5.12. The van der Waals surface area contributed by atoms with Gasteiger partial charge in [-0.15, -0.1) is 0 Å². The van der Waals surface area contributed by atoms with Gasteiger partial charge in [0.2, 0.25) is 0 Å². The number of nitrogens with one attached hydrogen (secondary N) is 1. The van der Waals surface area contributed by atoms with Crippen LogP contribution in [0.3, 0.4) is 0 Å². The Morgan fingerprint density at radius 1 is 0.871 bits per heavy atom. The summed E-state index contributed by atoms with van der Waals surface area (Å²) in [7, 11) is 1.56. The van der Waals surface area contributed by atoms with Crippen molar-refractivity contribution in [1.29, 1.82) is 0 Å². The van der Waals surface area contributed by atoms with Crippen LogP contribution >= 0.6 is 0 Å². The topological polar surface area (TPSA) is 58.6 Å². The molecule has 1 aliphatic heterocycles. The highest BCUT2D eigenvalue weighted by Gasteiger charge is 2.39. The van der Waals surface area contributed by atoms with Crippen LogP contribution in [0.1, 0.15) is 16.7 Å². The van der Waals surface area contributed by atoms with E-state index in [2.05, 4.69) is 5.32 Å². The van der Waals surface area contributed by atoms with Crippen molar-refractivity contribution in [3.63, 3.8) is 0 Å². The second kappa shape index (κ2) is 8.44. The van der Waals surface area contributed by atoms with Gasteiger partial charge in [-0.1, -0.05) is 42.0 Å². The molecule has 1 aliphatic rings. The van der Waals surface area contributed by atoms with Crippen LogP contribution in [0.15, 0.2) is 78.5 Å². The fraction of sp³-hybridized carbons (Fsp3) is 0.120. The fourth-order valence-electron chi connectivity index (χ4n) is 3.41. The van der Waals surface area contributed by atoms with Crippen molar-refractivity contribution in [2.75, 3.05) is 12.4 Å². The summed E-state index contributed by atoms with van der Waals surface area (Å²) < 4.78 is 18.5. The van der Waals surface area contributed by atoms with E-state index in [4.69, 9.17) is 4.74 Å². The highest BCUT2D eigenvalue weighted by atomic mass is 19.1. The molecule has 5 nitrogen and oxygen atoms in total. The number of ether oxygens (including phenoxy) is 1. The molecule has 0 bridgehead atoms. The predicted molar refractivity (Wildman–Crippen MR) is 117 cm³/mol. The number of carbonyl (C=O) groups excluding carboxylic acids is 2. The number of halogens is 1. The molecule has 0 radical (unpaired) electrons. The van der Waals surface area contributed by atoms with Gasteiger partial charge in [0, 0.05) is 5.69 Å². The van der Waals surface area contributed by atoms with Gasteiger partial charge in [-0.05, 0) is 54.4 Å². The van der Waals surface area contributed by atoms with Crippen LogP contribution in [0.4, 0.5) is 10.1 Å². The summed E-state index contributed by atoms with van der Waals surface area (Å²) in [5.74, 6) is -0.561. The lowest BCUT2D eigenvalue weighted by Gasteiger charge is -2.15. The van der Waals surface area contributed by atoms with Gasteiger partial charge in [0.05, 0.1) is 19.2 Å². The summed E-state index contributed by atoms with van der Waals surface area (Å²) in [6.45, 7) is 2.02. The lowest BCUT2D eigenvalue weighted by Crippen LogP contribution is -2.32. The van der Waals surface area contributed by atoms with Crippen LogP contribution in [0.2, 0.25) is 0 Å². The van der Waals surface area contributed by atoms with Crippen LogP contribution in [0.5, 0.6) is 5.75 Å². The van der Waals surface area contributed by atoms with E-state index >= 15 is 0 Å². The van der Waals surface area contributed by atoms with E-state index in [0.717, 1.165) is 5.56 Å². The number of rotatable bonds is 6. The van der Waals surface area contributed by atoms with E-state index in [0.29, 0.717) is 22.6 Å². The van der Waals surface area contributed by atoms with Gasteiger partial charge in [0.1, 0.15) is 17.3 Å². The zero-order valence-corrected chi connectivity index (χ0v) is 17.2. The first kappa shape index (κ1) is 20.3. The molecule has 0 saturated heterocycles. The number of aryl methyl sites for hydroxylation is 1. The lowest BCUT2D eigenvalue weighted by atomic mass is 10.0. The van der Waals surface area contributed by atoms with Gasteiger partial charge < -0.3 is 10.1 Å². The van der Waals surface area contributed by atoms with Crippen molar-refractivity contribution < 1.29 is 18.7 Å². The molecule has 1 heterocycles. The molecule has 3 aromatic carbocycles. The van der Waals surface area contributed by atoms with Crippen molar-refractivity contribution >= 4 is 23.1 Å². The number of hydrogen-bond acceptors (Lipinski definition) is 4. The average Bonchev–Trinajstić information content (AvgIpc) is 3.01. The zero-order valence-electron chi connectivity index (χ0n) is 17.2. The molecule has 0 aliphatic carbocycles. The first-order valence-electron chi connectivity index (χ1n) is 9.79. The molecule has 0 saturated carbocycles. The summed E-state index contributed by atoms with van der Waals surface area (Å²) in [6.07, 6.45) is 0. The highest BCUT2D eigenvalue weighted by Crippen LogP contribution is 2.32. The minimum atomic E-state index is -0.430. The summed E-state index contributed by atoms with van der Waals surface area (Å²) in [6, 6.07) is 20.3. The molecule has 0 spiro atoms. The Morgan fingerprint density at radius 3 is 2.13 bits per heavy atom. The largest absolute Gasteiger partial charge is 0.497 e. The predicted octanol–water partition coefficient (Wildman–Crippen LogP) is 4.53. The maximum atomic E-state index is 13.3. The molecule has 0 unspecified atom stereocenters. The molecular weight excluding hydrogens is 395 g/mol. The second-order valence-corrected chi connectivity index (χ2v) is 7.29. The number of benzene rings is 3. The zero-order chi connectivity index (χ0) is 22.0. The van der Waals surface area contributed by atoms with Crippen molar-refractivity contribution in [1.82, 2.24) is 4.90 Å². The molecule has 0 fully saturated rings. The monoisotopic (exact) mass is 416 g/mol. The molecule has 0 aromatic heterocycles. The molecule has 2 amide bonds. The van der Waals surface area contributed by atoms with Crippen LogP contribution in [0.25, 0.3) is 5.57 Å². The van der Waals surface area contributed by atoms with E-state index in [9.17, 15) is 14.0 Å². The number of hydrogen-bond donors (Lipinski definition) is 1. The molecule has 31 heavy (non-hydrogen) atoms. The second-order valence-electron chi connectivity index (χ2n) is 7.29. The van der Waals surface area contributed by atoms with E-state index < -0.39 is 11.8 Å². The summed E-state index contributed by atoms with van der Waals surface area (Å²) in [5.41, 5.74) is 3.55. The maximum absolute atomic E-state index is 13.3. The Morgan fingerprint density at radius 2 is 1.52 bits per heavy atom. The first-order chi connectivity index (χ1) is 15.0. The molecular formula is C25H21FN2O3. The third-order valence-electron chi connectivity index (χ3n) is 5.12. The minimum Gasteiger partial charge on any atom is -0.497 e. The molecule has 3 aromatic rings. The van der Waals surface area contributed by atoms with Gasteiger partial charge in [0.15, 0.2) is 0 Å². The van der Waals surface area contributed by atoms with Crippen molar-refractivity contribution in [3.8, 4) is 5.75 Å². The van der Waals surface area contributed by atoms with E-state index in [1.165, 1.54) is 17.0 Å². The first-order valence-corrected chi connectivity index (χ1v) is 9.79. The SMILES string of the molecule is COc1ccc(C2=C(Nc3ccc(C)cc3)C(=O)N(Cc3ccc(F)cc3)C2=O)cc1. The number of imide groups is 1. The summed E-state index contributed by atoms with van der Waals surface area (Å²) >= 11 is 0. The Bertz CT molecular complexity index is 1150. The Kier molecular flexibility index (Phi) is 5.54. The van der Waals surface area contributed by atoms with Gasteiger partial charge in [-0.2, -0.15) is 0 Å². The summed E-state index contributed by atoms with van der Waals surface area (Å²) in [5, 5.41) is 3.13. The van der Waals surface area contributed by atoms with Crippen molar-refractivity contribution in [2.45, 2.75) is 13.5 Å². The van der Waals surface area contributed by atoms with Gasteiger partial charge in [-0.25, -0.2) is 4.39 Å². The molecule has 156 valence electrons. The van der Waals surface area contributed by atoms with Crippen LogP contribution < -0.4 is 10.1 Å². The van der Waals surface area contributed by atoms with Crippen molar-refractivity contribution in [2.24, 2.45) is 0 Å². The van der Waals surface area contributed by atoms with E-state index in [1.807, 2.05) is 31.2 Å². The van der Waals surface area contributed by atoms with Crippen LogP contribution in [-0.4, -0.2) is 23.8 Å². The fourth-order valence-corrected chi connectivity index (χ4v) is 3.41. The normalized spacial score (nSPS) is 13.7. The summed E-state index contributed by atoms with van der Waals surface area (Å²) in [4.78, 5) is 27.7. The van der Waals surface area contributed by atoms with E-state index in [-0.39, 0.29) is 23.6 Å². The molecule has 6 heteroatoms. The number of amides is 2. The smallest absolute Gasteiger partial charge is 0.278 e. The Balaban J connectivity index is 1.72. The average molecular weight is 416 g/mol. The highest BCUT2D eigenvalue weighted by molar-refractivity contribution is 6.36. The molecule has 4 rings (SSSR count). The van der Waals surface area contributed by atoms with Crippen molar-refractivity contribution in [3.05, 3.63) is 101 Å². The number of carbonyl (C=O) groups is 2. The minimum absolute atomic E-state index is 0.0523. The number of anilines is 1. The Hall–Kier alpha value is -3.93. The molecule has 0 atom stereocenters. The van der Waals surface area contributed by atoms with Crippen LogP contribution in [-0.2, 0) is 16.1 Å². The number of methoxy groups -OCH3 is 1. The number of nitrogens with zero attached hydrogens (tertiary/aromatic N) is 1. The van der Waals surface area contributed by atoms with Gasteiger partial charge in [-0.3, -0.25) is 14.5 Å². The quantitative estimate of drug-likeness (QED) is 0.600. The standard InChI is InChI=1S/C25H21FN2O3/c1-16-3-11-20(12-4-16)27-23-22(18-7-13-21(31-2)14-8-18)24(29)28(25(23)30)15-17-5-9-19(26)10-6-17/h3-14,27H,15H2,1-2H3. The van der Waals surface area contributed by atoms with E-state index in [1.54, 1.807) is 43.5 Å².